The summed E-state index contributed by atoms with van der Waals surface area (Å²) >= 11 is 12.0. The van der Waals surface area contributed by atoms with E-state index >= 15 is 0 Å². The number of halogens is 2. The van der Waals surface area contributed by atoms with Crippen molar-refractivity contribution in [3.8, 4) is 17.2 Å². The van der Waals surface area contributed by atoms with Crippen molar-refractivity contribution in [3.05, 3.63) is 57.2 Å². The molecule has 2 aromatic carbocycles. The summed E-state index contributed by atoms with van der Waals surface area (Å²) in [7, 11) is 2.84. The van der Waals surface area contributed by atoms with Gasteiger partial charge in [0.25, 0.3) is 0 Å². The van der Waals surface area contributed by atoms with Crippen molar-refractivity contribution >= 4 is 47.1 Å². The summed E-state index contributed by atoms with van der Waals surface area (Å²) in [5.74, 6) is -0.464. The minimum atomic E-state index is -0.645. The minimum absolute atomic E-state index is 0.0513. The van der Waals surface area contributed by atoms with Gasteiger partial charge in [0.2, 0.25) is 11.6 Å². The molecule has 0 N–H and O–H groups in total. The quantitative estimate of drug-likeness (QED) is 0.395. The van der Waals surface area contributed by atoms with E-state index in [2.05, 4.69) is 4.99 Å². The molecule has 1 aliphatic heterocycles. The van der Waals surface area contributed by atoms with Gasteiger partial charge in [-0.05, 0) is 42.0 Å². The number of methoxy groups -OCH3 is 2. The van der Waals surface area contributed by atoms with Gasteiger partial charge in [-0.25, -0.2) is 9.79 Å². The van der Waals surface area contributed by atoms with Gasteiger partial charge in [-0.3, -0.25) is 4.79 Å². The Labute approximate surface area is 176 Å². The van der Waals surface area contributed by atoms with Crippen molar-refractivity contribution in [2.75, 3.05) is 14.2 Å². The third kappa shape index (κ3) is 4.52. The summed E-state index contributed by atoms with van der Waals surface area (Å²) in [5.41, 5.74) is 1.01. The topological polar surface area (TPSA) is 83.4 Å². The molecule has 0 atom stereocenters. The summed E-state index contributed by atoms with van der Waals surface area (Å²) in [6.45, 7) is 1.27. The van der Waals surface area contributed by atoms with Crippen LogP contribution in [0.4, 0.5) is 0 Å². The lowest BCUT2D eigenvalue weighted by Crippen LogP contribution is -2.06. The highest BCUT2D eigenvalue weighted by Crippen LogP contribution is 2.39. The molecule has 0 fully saturated rings. The van der Waals surface area contributed by atoms with E-state index in [0.29, 0.717) is 21.2 Å². The Morgan fingerprint density at radius 2 is 1.76 bits per heavy atom. The molecule has 0 radical (unpaired) electrons. The van der Waals surface area contributed by atoms with Crippen LogP contribution in [-0.2, 0) is 14.3 Å². The van der Waals surface area contributed by atoms with Crippen LogP contribution < -0.4 is 14.2 Å². The van der Waals surface area contributed by atoms with Crippen molar-refractivity contribution in [2.45, 2.75) is 6.92 Å². The number of esters is 2. The highest BCUT2D eigenvalue weighted by Gasteiger charge is 2.26. The average molecular weight is 436 g/mol. The van der Waals surface area contributed by atoms with Gasteiger partial charge in [0, 0.05) is 11.9 Å². The monoisotopic (exact) mass is 435 g/mol. The number of ether oxygens (including phenoxy) is 4. The molecule has 1 heterocycles. The SMILES string of the molecule is COc1cc(C=C2N=C(c3ccc(Cl)cc3Cl)OC2=O)cc(OC)c1OC(C)=O. The third-order valence-corrected chi connectivity index (χ3v) is 4.36. The smallest absolute Gasteiger partial charge is 0.363 e. The number of cyclic esters (lactones) is 1. The van der Waals surface area contributed by atoms with Crippen LogP contribution in [0.2, 0.25) is 10.0 Å². The molecule has 0 spiro atoms. The highest BCUT2D eigenvalue weighted by atomic mass is 35.5. The zero-order chi connectivity index (χ0) is 21.1. The van der Waals surface area contributed by atoms with Gasteiger partial charge in [0.05, 0.1) is 24.8 Å². The highest BCUT2D eigenvalue weighted by molar-refractivity contribution is 6.37. The number of aliphatic imine (C=N–C) groups is 1. The Bertz CT molecular complexity index is 1040. The van der Waals surface area contributed by atoms with Crippen LogP contribution in [0.5, 0.6) is 17.2 Å². The summed E-state index contributed by atoms with van der Waals surface area (Å²) in [6.07, 6.45) is 1.49. The van der Waals surface area contributed by atoms with Gasteiger partial charge in [0.1, 0.15) is 0 Å². The van der Waals surface area contributed by atoms with Crippen molar-refractivity contribution in [1.82, 2.24) is 0 Å². The first-order valence-corrected chi connectivity index (χ1v) is 9.00. The molecule has 0 unspecified atom stereocenters. The van der Waals surface area contributed by atoms with Crippen LogP contribution in [0, 0.1) is 0 Å². The number of nitrogens with zero attached hydrogens (tertiary/aromatic N) is 1. The Morgan fingerprint density at radius 3 is 2.31 bits per heavy atom. The Kier molecular flexibility index (Phi) is 6.10. The Hall–Kier alpha value is -3.03. The number of hydrogen-bond acceptors (Lipinski definition) is 7. The van der Waals surface area contributed by atoms with E-state index in [9.17, 15) is 9.59 Å². The van der Waals surface area contributed by atoms with Crippen molar-refractivity contribution in [3.63, 3.8) is 0 Å². The first-order valence-electron chi connectivity index (χ1n) is 8.24. The predicted octanol–water partition coefficient (Wildman–Crippen LogP) is 4.28. The van der Waals surface area contributed by atoms with E-state index in [1.165, 1.54) is 33.3 Å². The molecule has 0 amide bonds. The molecule has 3 rings (SSSR count). The van der Waals surface area contributed by atoms with Gasteiger partial charge in [-0.2, -0.15) is 0 Å². The predicted molar refractivity (Wildman–Crippen MR) is 108 cm³/mol. The average Bonchev–Trinajstić information content (AvgIpc) is 3.02. The molecular weight excluding hydrogens is 421 g/mol. The number of benzene rings is 2. The number of hydrogen-bond donors (Lipinski definition) is 0. The van der Waals surface area contributed by atoms with Gasteiger partial charge < -0.3 is 18.9 Å². The van der Waals surface area contributed by atoms with Crippen LogP contribution in [0.15, 0.2) is 41.0 Å². The first-order chi connectivity index (χ1) is 13.8. The zero-order valence-electron chi connectivity index (χ0n) is 15.6. The maximum absolute atomic E-state index is 12.3. The number of carbonyl (C=O) groups excluding carboxylic acids is 2. The maximum Gasteiger partial charge on any atom is 0.363 e. The molecule has 9 heteroatoms. The van der Waals surface area contributed by atoms with E-state index in [1.54, 1.807) is 24.3 Å². The van der Waals surface area contributed by atoms with Gasteiger partial charge in [-0.15, -0.1) is 0 Å². The van der Waals surface area contributed by atoms with Crippen LogP contribution in [0.1, 0.15) is 18.1 Å². The van der Waals surface area contributed by atoms with E-state index in [4.69, 9.17) is 42.1 Å². The summed E-state index contributed by atoms with van der Waals surface area (Å²) < 4.78 is 20.9. The van der Waals surface area contributed by atoms with Gasteiger partial charge in [0.15, 0.2) is 17.2 Å². The van der Waals surface area contributed by atoms with Crippen molar-refractivity contribution < 1.29 is 28.5 Å². The molecule has 7 nitrogen and oxygen atoms in total. The molecular formula is C20H15Cl2NO6. The van der Waals surface area contributed by atoms with Gasteiger partial charge >= 0.3 is 11.9 Å². The van der Waals surface area contributed by atoms with E-state index in [-0.39, 0.29) is 28.8 Å². The largest absolute Gasteiger partial charge is 0.493 e. The second-order valence-corrected chi connectivity index (χ2v) is 6.65. The Balaban J connectivity index is 2.01. The lowest BCUT2D eigenvalue weighted by Gasteiger charge is -2.13. The zero-order valence-corrected chi connectivity index (χ0v) is 17.1. The first kappa shape index (κ1) is 20.7. The van der Waals surface area contributed by atoms with Crippen molar-refractivity contribution in [2.24, 2.45) is 4.99 Å². The molecule has 0 saturated heterocycles. The molecule has 2 aromatic rings. The summed E-state index contributed by atoms with van der Waals surface area (Å²) in [4.78, 5) is 27.8. The van der Waals surface area contributed by atoms with Gasteiger partial charge in [-0.1, -0.05) is 23.2 Å². The second kappa shape index (κ2) is 8.55. The van der Waals surface area contributed by atoms with Crippen LogP contribution in [-0.4, -0.2) is 32.1 Å². The summed E-state index contributed by atoms with van der Waals surface area (Å²) in [5, 5.41) is 0.755. The van der Waals surface area contributed by atoms with E-state index in [0.717, 1.165) is 0 Å². The van der Waals surface area contributed by atoms with Crippen LogP contribution >= 0.6 is 23.2 Å². The molecule has 0 bridgehead atoms. The van der Waals surface area contributed by atoms with Crippen LogP contribution in [0.25, 0.3) is 6.08 Å². The van der Waals surface area contributed by atoms with Crippen molar-refractivity contribution in [1.29, 1.82) is 0 Å². The lowest BCUT2D eigenvalue weighted by molar-refractivity contribution is -0.132. The normalized spacial score (nSPS) is 14.4. The standard InChI is InChI=1S/C20H15Cl2NO6/c1-10(24)28-18-16(26-2)7-11(8-17(18)27-3)6-15-20(25)29-19(23-15)13-5-4-12(21)9-14(13)22/h4-9H,1-3H3. The van der Waals surface area contributed by atoms with E-state index < -0.39 is 11.9 Å². The summed E-state index contributed by atoms with van der Waals surface area (Å²) in [6, 6.07) is 7.90. The minimum Gasteiger partial charge on any atom is -0.493 e. The molecule has 0 aliphatic carbocycles. The van der Waals surface area contributed by atoms with E-state index in [1.807, 2.05) is 0 Å². The molecule has 29 heavy (non-hydrogen) atoms. The number of carbonyl (C=O) groups is 2. The molecule has 0 aromatic heterocycles. The third-order valence-electron chi connectivity index (χ3n) is 3.81. The number of rotatable bonds is 5. The molecule has 1 aliphatic rings. The fourth-order valence-corrected chi connectivity index (χ4v) is 3.06. The fourth-order valence-electron chi connectivity index (χ4n) is 2.57. The molecule has 150 valence electrons. The Morgan fingerprint density at radius 1 is 1.10 bits per heavy atom. The lowest BCUT2D eigenvalue weighted by atomic mass is 10.1. The fraction of sp³-hybridized carbons (Fsp3) is 0.150. The van der Waals surface area contributed by atoms with Crippen LogP contribution in [0.3, 0.4) is 0 Å². The molecule has 0 saturated carbocycles. The maximum atomic E-state index is 12.3. The second-order valence-electron chi connectivity index (χ2n) is 5.81.